The number of rotatable bonds is 3. The summed E-state index contributed by atoms with van der Waals surface area (Å²) >= 11 is 6.01. The van der Waals surface area contributed by atoms with E-state index in [1.807, 2.05) is 0 Å². The molecule has 0 aliphatic heterocycles. The van der Waals surface area contributed by atoms with Gasteiger partial charge in [0.2, 0.25) is 0 Å². The minimum atomic E-state index is -0.537. The molecule has 0 aliphatic carbocycles. The molecule has 5 nitrogen and oxygen atoms in total. The standard InChI is InChI=1S/C15H13ClN2O3/c1-21-15(20)9-5-2-3-8-12(9)18-14(19)10-6-4-7-11(17)13(10)16/h2-8H,17H2,1H3,(H,18,19). The molecular weight excluding hydrogens is 292 g/mol. The smallest absolute Gasteiger partial charge is 0.339 e. The Balaban J connectivity index is 2.32. The molecular formula is C15H13ClN2O3. The van der Waals surface area contributed by atoms with Gasteiger partial charge < -0.3 is 15.8 Å². The number of halogens is 1. The Hall–Kier alpha value is -2.53. The van der Waals surface area contributed by atoms with E-state index in [0.717, 1.165) is 0 Å². The molecule has 21 heavy (non-hydrogen) atoms. The van der Waals surface area contributed by atoms with Crippen LogP contribution in [0.5, 0.6) is 0 Å². The first-order chi connectivity index (χ1) is 10.0. The summed E-state index contributed by atoms with van der Waals surface area (Å²) in [6, 6.07) is 11.3. The van der Waals surface area contributed by atoms with Crippen molar-refractivity contribution in [1.29, 1.82) is 0 Å². The highest BCUT2D eigenvalue weighted by Crippen LogP contribution is 2.25. The lowest BCUT2D eigenvalue weighted by Crippen LogP contribution is -2.16. The van der Waals surface area contributed by atoms with Gasteiger partial charge in [-0.3, -0.25) is 4.79 Å². The Morgan fingerprint density at radius 3 is 2.48 bits per heavy atom. The summed E-state index contributed by atoms with van der Waals surface area (Å²) in [5.41, 5.74) is 6.81. The molecule has 108 valence electrons. The fourth-order valence-corrected chi connectivity index (χ4v) is 2.01. The third kappa shape index (κ3) is 3.14. The van der Waals surface area contributed by atoms with Gasteiger partial charge in [-0.05, 0) is 24.3 Å². The molecule has 0 aromatic heterocycles. The molecule has 0 atom stereocenters. The van der Waals surface area contributed by atoms with Gasteiger partial charge in [0.1, 0.15) is 0 Å². The average Bonchev–Trinajstić information content (AvgIpc) is 2.49. The zero-order chi connectivity index (χ0) is 15.4. The number of anilines is 2. The van der Waals surface area contributed by atoms with E-state index < -0.39 is 11.9 Å². The number of benzene rings is 2. The first-order valence-electron chi connectivity index (χ1n) is 6.07. The van der Waals surface area contributed by atoms with Gasteiger partial charge in [-0.15, -0.1) is 0 Å². The predicted molar refractivity (Wildman–Crippen MR) is 81.6 cm³/mol. The lowest BCUT2D eigenvalue weighted by Gasteiger charge is -2.11. The second-order valence-corrected chi connectivity index (χ2v) is 4.58. The van der Waals surface area contributed by atoms with Gasteiger partial charge in [0.25, 0.3) is 5.91 Å². The van der Waals surface area contributed by atoms with Crippen LogP contribution in [-0.2, 0) is 4.74 Å². The van der Waals surface area contributed by atoms with Crippen LogP contribution < -0.4 is 11.1 Å². The van der Waals surface area contributed by atoms with Gasteiger partial charge >= 0.3 is 5.97 Å². The molecule has 0 fully saturated rings. The van der Waals surface area contributed by atoms with E-state index in [9.17, 15) is 9.59 Å². The van der Waals surface area contributed by atoms with Crippen LogP contribution in [0, 0.1) is 0 Å². The van der Waals surface area contributed by atoms with Crippen LogP contribution in [0.4, 0.5) is 11.4 Å². The quantitative estimate of drug-likeness (QED) is 0.674. The molecule has 3 N–H and O–H groups in total. The van der Waals surface area contributed by atoms with E-state index in [2.05, 4.69) is 10.1 Å². The Labute approximate surface area is 126 Å². The van der Waals surface area contributed by atoms with E-state index in [-0.39, 0.29) is 16.1 Å². The molecule has 2 rings (SSSR count). The number of carbonyl (C=O) groups is 2. The maximum Gasteiger partial charge on any atom is 0.339 e. The molecule has 0 heterocycles. The number of methoxy groups -OCH3 is 1. The van der Waals surface area contributed by atoms with Gasteiger partial charge in [0.15, 0.2) is 0 Å². The summed E-state index contributed by atoms with van der Waals surface area (Å²) in [6.07, 6.45) is 0. The van der Waals surface area contributed by atoms with Gasteiger partial charge in [-0.1, -0.05) is 29.8 Å². The van der Waals surface area contributed by atoms with Crippen LogP contribution in [0.1, 0.15) is 20.7 Å². The van der Waals surface area contributed by atoms with Crippen LogP contribution >= 0.6 is 11.6 Å². The molecule has 0 bridgehead atoms. The number of para-hydroxylation sites is 1. The van der Waals surface area contributed by atoms with E-state index in [1.54, 1.807) is 42.5 Å². The highest BCUT2D eigenvalue weighted by Gasteiger charge is 2.16. The SMILES string of the molecule is COC(=O)c1ccccc1NC(=O)c1cccc(N)c1Cl. The second kappa shape index (κ2) is 6.28. The number of hydrogen-bond donors (Lipinski definition) is 2. The van der Waals surface area contributed by atoms with E-state index >= 15 is 0 Å². The predicted octanol–water partition coefficient (Wildman–Crippen LogP) is 2.96. The maximum atomic E-state index is 12.2. The van der Waals surface area contributed by atoms with E-state index in [4.69, 9.17) is 17.3 Å². The lowest BCUT2D eigenvalue weighted by molar-refractivity contribution is 0.0602. The number of carbonyl (C=O) groups excluding carboxylic acids is 2. The largest absolute Gasteiger partial charge is 0.465 e. The molecule has 0 aliphatic rings. The van der Waals surface area contributed by atoms with E-state index in [0.29, 0.717) is 11.4 Å². The van der Waals surface area contributed by atoms with Crippen molar-refractivity contribution < 1.29 is 14.3 Å². The van der Waals surface area contributed by atoms with Gasteiger partial charge in [-0.25, -0.2) is 4.79 Å². The van der Waals surface area contributed by atoms with Gasteiger partial charge in [-0.2, -0.15) is 0 Å². The average molecular weight is 305 g/mol. The molecule has 0 radical (unpaired) electrons. The Morgan fingerprint density at radius 1 is 1.10 bits per heavy atom. The van der Waals surface area contributed by atoms with Crippen LogP contribution in [0.2, 0.25) is 5.02 Å². The molecule has 0 unspecified atom stereocenters. The highest BCUT2D eigenvalue weighted by atomic mass is 35.5. The van der Waals surface area contributed by atoms with Crippen molar-refractivity contribution in [3.05, 3.63) is 58.6 Å². The zero-order valence-electron chi connectivity index (χ0n) is 11.2. The fraction of sp³-hybridized carbons (Fsp3) is 0.0667. The van der Waals surface area contributed by atoms with Crippen molar-refractivity contribution in [2.24, 2.45) is 0 Å². The monoisotopic (exact) mass is 304 g/mol. The zero-order valence-corrected chi connectivity index (χ0v) is 12.0. The first kappa shape index (κ1) is 14.9. The van der Waals surface area contributed by atoms with Crippen LogP contribution in [0.25, 0.3) is 0 Å². The number of nitrogens with two attached hydrogens (primary N) is 1. The normalized spacial score (nSPS) is 10.0. The number of esters is 1. The number of nitrogens with one attached hydrogen (secondary N) is 1. The minimum absolute atomic E-state index is 0.172. The summed E-state index contributed by atoms with van der Waals surface area (Å²) in [5, 5.41) is 2.80. The van der Waals surface area contributed by atoms with Crippen LogP contribution in [-0.4, -0.2) is 19.0 Å². The maximum absolute atomic E-state index is 12.2. The molecule has 0 spiro atoms. The van der Waals surface area contributed by atoms with Crippen molar-refractivity contribution in [1.82, 2.24) is 0 Å². The molecule has 0 saturated carbocycles. The summed E-state index contributed by atoms with van der Waals surface area (Å²) in [5.74, 6) is -0.992. The van der Waals surface area contributed by atoms with Crippen LogP contribution in [0.15, 0.2) is 42.5 Å². The number of nitrogen functional groups attached to an aromatic ring is 1. The number of amides is 1. The summed E-state index contributed by atoms with van der Waals surface area (Å²) in [4.78, 5) is 23.9. The summed E-state index contributed by atoms with van der Waals surface area (Å²) in [7, 11) is 1.27. The Kier molecular flexibility index (Phi) is 4.45. The van der Waals surface area contributed by atoms with Crippen molar-refractivity contribution in [2.45, 2.75) is 0 Å². The summed E-state index contributed by atoms with van der Waals surface area (Å²) < 4.78 is 4.67. The Bertz CT molecular complexity index is 701. The van der Waals surface area contributed by atoms with Gasteiger partial charge in [0.05, 0.1) is 34.6 Å². The minimum Gasteiger partial charge on any atom is -0.465 e. The molecule has 0 saturated heterocycles. The van der Waals surface area contributed by atoms with Crippen molar-refractivity contribution in [2.75, 3.05) is 18.2 Å². The molecule has 2 aromatic carbocycles. The number of ether oxygens (including phenoxy) is 1. The fourth-order valence-electron chi connectivity index (χ4n) is 1.79. The second-order valence-electron chi connectivity index (χ2n) is 4.20. The lowest BCUT2D eigenvalue weighted by atomic mass is 10.1. The first-order valence-corrected chi connectivity index (χ1v) is 6.45. The van der Waals surface area contributed by atoms with E-state index in [1.165, 1.54) is 7.11 Å². The highest BCUT2D eigenvalue weighted by molar-refractivity contribution is 6.36. The van der Waals surface area contributed by atoms with Crippen molar-refractivity contribution >= 4 is 34.9 Å². The molecule has 6 heteroatoms. The Morgan fingerprint density at radius 2 is 1.76 bits per heavy atom. The third-order valence-electron chi connectivity index (χ3n) is 2.85. The van der Waals surface area contributed by atoms with Gasteiger partial charge in [0, 0.05) is 0 Å². The molecule has 1 amide bonds. The van der Waals surface area contributed by atoms with Crippen molar-refractivity contribution in [3.63, 3.8) is 0 Å². The number of hydrogen-bond acceptors (Lipinski definition) is 4. The van der Waals surface area contributed by atoms with Crippen molar-refractivity contribution in [3.8, 4) is 0 Å². The summed E-state index contributed by atoms with van der Waals surface area (Å²) in [6.45, 7) is 0. The third-order valence-corrected chi connectivity index (χ3v) is 3.28. The van der Waals surface area contributed by atoms with Crippen LogP contribution in [0.3, 0.4) is 0 Å². The molecule has 2 aromatic rings. The topological polar surface area (TPSA) is 81.4 Å².